The van der Waals surface area contributed by atoms with Gasteiger partial charge in [-0.25, -0.2) is 4.99 Å². The Morgan fingerprint density at radius 3 is 2.00 bits per heavy atom. The Morgan fingerprint density at radius 2 is 1.41 bits per heavy atom. The zero-order valence-electron chi connectivity index (χ0n) is 15.4. The van der Waals surface area contributed by atoms with Crippen LogP contribution in [-0.2, 0) is 4.79 Å². The molecule has 0 unspecified atom stereocenters. The van der Waals surface area contributed by atoms with Crippen LogP contribution in [0.4, 0.5) is 11.4 Å². The van der Waals surface area contributed by atoms with Gasteiger partial charge in [-0.3, -0.25) is 10.2 Å². The Balaban J connectivity index is 2.04. The number of aliphatic imine (C=N–C) groups is 1. The third-order valence-electron chi connectivity index (χ3n) is 3.95. The highest BCUT2D eigenvalue weighted by molar-refractivity contribution is 6.70. The zero-order valence-corrected chi connectivity index (χ0v) is 15.4. The highest BCUT2D eigenvalue weighted by atomic mass is 16.1. The molecule has 3 rings (SSSR count). The van der Waals surface area contributed by atoms with Gasteiger partial charge in [0.1, 0.15) is 5.71 Å². The summed E-state index contributed by atoms with van der Waals surface area (Å²) in [5, 5.41) is 4.38. The van der Waals surface area contributed by atoms with Crippen LogP contribution in [0.5, 0.6) is 0 Å². The molecule has 1 N–H and O–H groups in total. The maximum Gasteiger partial charge on any atom is 0.182 e. The van der Waals surface area contributed by atoms with Crippen LogP contribution in [0.1, 0.15) is 18.1 Å². The van der Waals surface area contributed by atoms with Gasteiger partial charge in [-0.1, -0.05) is 66.2 Å². The van der Waals surface area contributed by atoms with Crippen LogP contribution in [0.3, 0.4) is 0 Å². The molecule has 0 heterocycles. The lowest BCUT2D eigenvalue weighted by molar-refractivity contribution is -0.110. The normalized spacial score (nSPS) is 11.9. The minimum absolute atomic E-state index is 0.159. The second-order valence-corrected chi connectivity index (χ2v) is 6.16. The minimum Gasteiger partial charge on any atom is -0.293 e. The van der Waals surface area contributed by atoms with Crippen molar-refractivity contribution in [2.45, 2.75) is 13.8 Å². The Morgan fingerprint density at radius 1 is 0.815 bits per heavy atom. The molecule has 0 atom stereocenters. The fourth-order valence-corrected chi connectivity index (χ4v) is 2.53. The maximum absolute atomic E-state index is 12.4. The molecule has 0 aromatic heterocycles. The lowest BCUT2D eigenvalue weighted by atomic mass is 10.0. The number of hydrogen-bond acceptors (Lipinski definition) is 4. The van der Waals surface area contributed by atoms with Gasteiger partial charge < -0.3 is 0 Å². The van der Waals surface area contributed by atoms with Crippen molar-refractivity contribution in [3.05, 3.63) is 96.1 Å². The Labute approximate surface area is 159 Å². The molecule has 0 fully saturated rings. The molecular formula is C23H21N3O. The number of Topliss-reactive ketones (excluding diaryl/α,β-unsaturated/α-hetero) is 1. The number of hydrazone groups is 1. The van der Waals surface area contributed by atoms with E-state index >= 15 is 0 Å². The lowest BCUT2D eigenvalue weighted by Gasteiger charge is -2.10. The van der Waals surface area contributed by atoms with Crippen LogP contribution in [0.2, 0.25) is 0 Å². The summed E-state index contributed by atoms with van der Waals surface area (Å²) in [5.74, 6) is -0.159. The number of carbonyl (C=O) groups is 1. The second-order valence-electron chi connectivity index (χ2n) is 6.16. The van der Waals surface area contributed by atoms with Crippen molar-refractivity contribution in [3.8, 4) is 0 Å². The summed E-state index contributed by atoms with van der Waals surface area (Å²) in [4.78, 5) is 17.1. The molecule has 0 aliphatic carbocycles. The number of anilines is 1. The number of hydrogen-bond donors (Lipinski definition) is 1. The van der Waals surface area contributed by atoms with E-state index in [2.05, 4.69) is 10.5 Å². The number of carbonyl (C=O) groups excluding carboxylic acids is 1. The highest BCUT2D eigenvalue weighted by Crippen LogP contribution is 2.15. The van der Waals surface area contributed by atoms with Crippen molar-refractivity contribution in [1.29, 1.82) is 0 Å². The van der Waals surface area contributed by atoms with Gasteiger partial charge in [0.05, 0.1) is 11.4 Å². The molecule has 0 radical (unpaired) electrons. The van der Waals surface area contributed by atoms with Gasteiger partial charge in [0, 0.05) is 12.5 Å². The van der Waals surface area contributed by atoms with E-state index in [1.165, 1.54) is 6.92 Å². The number of nitrogens with one attached hydrogen (secondary N) is 1. The molecule has 0 spiro atoms. The average molecular weight is 355 g/mol. The first kappa shape index (κ1) is 18.3. The minimum atomic E-state index is -0.159. The number of nitrogens with zero attached hydrogens (tertiary/aromatic N) is 2. The smallest absolute Gasteiger partial charge is 0.182 e. The quantitative estimate of drug-likeness (QED) is 0.490. The van der Waals surface area contributed by atoms with Gasteiger partial charge in [-0.2, -0.15) is 5.10 Å². The van der Waals surface area contributed by atoms with Crippen molar-refractivity contribution < 1.29 is 4.79 Å². The van der Waals surface area contributed by atoms with Crippen molar-refractivity contribution in [2.24, 2.45) is 10.1 Å². The summed E-state index contributed by atoms with van der Waals surface area (Å²) in [7, 11) is 0. The molecule has 3 aromatic carbocycles. The average Bonchev–Trinajstić information content (AvgIpc) is 2.70. The van der Waals surface area contributed by atoms with E-state index in [0.29, 0.717) is 5.71 Å². The SMILES string of the molecule is CC(=O)/C(=N\Nc1ccc(C)cc1)C(=Nc1ccccc1)c1ccccc1. The molecule has 0 aliphatic heterocycles. The molecule has 134 valence electrons. The maximum atomic E-state index is 12.4. The number of para-hydroxylation sites is 1. The van der Waals surface area contributed by atoms with E-state index in [-0.39, 0.29) is 11.5 Å². The molecule has 0 amide bonds. The van der Waals surface area contributed by atoms with Gasteiger partial charge in [0.15, 0.2) is 11.5 Å². The number of aryl methyl sites for hydroxylation is 1. The van der Waals surface area contributed by atoms with Gasteiger partial charge >= 0.3 is 0 Å². The van der Waals surface area contributed by atoms with Crippen LogP contribution in [-0.4, -0.2) is 17.2 Å². The predicted molar refractivity (Wildman–Crippen MR) is 112 cm³/mol. The van der Waals surface area contributed by atoms with Crippen LogP contribution in [0, 0.1) is 6.92 Å². The Kier molecular flexibility index (Phi) is 5.90. The van der Waals surface area contributed by atoms with Gasteiger partial charge in [-0.05, 0) is 31.2 Å². The first-order valence-corrected chi connectivity index (χ1v) is 8.74. The Hall–Kier alpha value is -3.53. The van der Waals surface area contributed by atoms with E-state index in [0.717, 1.165) is 22.5 Å². The summed E-state index contributed by atoms with van der Waals surface area (Å²) in [6, 6.07) is 27.0. The molecule has 0 saturated heterocycles. The molecular weight excluding hydrogens is 334 g/mol. The molecule has 0 saturated carbocycles. The van der Waals surface area contributed by atoms with Crippen LogP contribution < -0.4 is 5.43 Å². The third-order valence-corrected chi connectivity index (χ3v) is 3.95. The third kappa shape index (κ3) is 4.98. The van der Waals surface area contributed by atoms with E-state index in [9.17, 15) is 4.79 Å². The lowest BCUT2D eigenvalue weighted by Crippen LogP contribution is -2.24. The van der Waals surface area contributed by atoms with Crippen LogP contribution in [0.25, 0.3) is 0 Å². The van der Waals surface area contributed by atoms with Crippen LogP contribution in [0.15, 0.2) is 95.0 Å². The van der Waals surface area contributed by atoms with Crippen molar-refractivity contribution in [1.82, 2.24) is 0 Å². The number of benzene rings is 3. The fourth-order valence-electron chi connectivity index (χ4n) is 2.53. The highest BCUT2D eigenvalue weighted by Gasteiger charge is 2.17. The van der Waals surface area contributed by atoms with Crippen LogP contribution >= 0.6 is 0 Å². The fraction of sp³-hybridized carbons (Fsp3) is 0.0870. The van der Waals surface area contributed by atoms with E-state index < -0.39 is 0 Å². The predicted octanol–water partition coefficient (Wildman–Crippen LogP) is 5.17. The molecule has 0 aliphatic rings. The van der Waals surface area contributed by atoms with Crippen molar-refractivity contribution in [3.63, 3.8) is 0 Å². The summed E-state index contributed by atoms with van der Waals surface area (Å²) in [5.41, 5.74) is 7.36. The second kappa shape index (κ2) is 8.72. The topological polar surface area (TPSA) is 53.8 Å². The van der Waals surface area contributed by atoms with E-state index in [4.69, 9.17) is 4.99 Å². The number of rotatable bonds is 6. The largest absolute Gasteiger partial charge is 0.293 e. The van der Waals surface area contributed by atoms with E-state index in [1.54, 1.807) is 0 Å². The molecule has 4 heteroatoms. The summed E-state index contributed by atoms with van der Waals surface area (Å²) in [6.07, 6.45) is 0. The first-order chi connectivity index (χ1) is 13.1. The summed E-state index contributed by atoms with van der Waals surface area (Å²) >= 11 is 0. The molecule has 3 aromatic rings. The monoisotopic (exact) mass is 355 g/mol. The molecule has 0 bridgehead atoms. The summed E-state index contributed by atoms with van der Waals surface area (Å²) in [6.45, 7) is 3.52. The Bertz CT molecular complexity index is 960. The van der Waals surface area contributed by atoms with Gasteiger partial charge in [-0.15, -0.1) is 0 Å². The first-order valence-electron chi connectivity index (χ1n) is 8.74. The summed E-state index contributed by atoms with van der Waals surface area (Å²) < 4.78 is 0. The van der Waals surface area contributed by atoms with Gasteiger partial charge in [0.2, 0.25) is 0 Å². The molecule has 27 heavy (non-hydrogen) atoms. The van der Waals surface area contributed by atoms with Gasteiger partial charge in [0.25, 0.3) is 0 Å². The standard InChI is InChI=1S/C23H21N3O/c1-17-13-15-21(16-14-17)25-26-22(18(2)27)23(19-9-5-3-6-10-19)24-20-11-7-4-8-12-20/h3-16,25H,1-2H3/b24-23?,26-22+. The van der Waals surface area contributed by atoms with Crippen molar-refractivity contribution >= 4 is 28.6 Å². The van der Waals surface area contributed by atoms with E-state index in [1.807, 2.05) is 91.9 Å². The number of ketones is 1. The molecule has 4 nitrogen and oxygen atoms in total. The van der Waals surface area contributed by atoms with Crippen molar-refractivity contribution in [2.75, 3.05) is 5.43 Å². The zero-order chi connectivity index (χ0) is 19.1.